The molecule has 0 unspecified atom stereocenters. The normalized spacial score (nSPS) is 11.4. The van der Waals surface area contributed by atoms with Gasteiger partial charge in [-0.2, -0.15) is 0 Å². The van der Waals surface area contributed by atoms with Crippen molar-refractivity contribution in [3.05, 3.63) is 249 Å². The van der Waals surface area contributed by atoms with Crippen molar-refractivity contribution in [3.63, 3.8) is 0 Å². The minimum atomic E-state index is 0.889. The smallest absolute Gasteiger partial charge is 0.135 e. The summed E-state index contributed by atoms with van der Waals surface area (Å²) < 4.78 is 6.24. The minimum Gasteiger partial charge on any atom is -0.456 e. The van der Waals surface area contributed by atoms with E-state index in [-0.39, 0.29) is 0 Å². The highest BCUT2D eigenvalue weighted by atomic mass is 16.3. The first-order chi connectivity index (χ1) is 31.7. The number of furan rings is 1. The van der Waals surface area contributed by atoms with Crippen LogP contribution in [0.1, 0.15) is 0 Å². The van der Waals surface area contributed by atoms with Crippen LogP contribution in [0.4, 0.5) is 17.1 Å². The van der Waals surface area contributed by atoms with Crippen LogP contribution in [0.25, 0.3) is 99.1 Å². The van der Waals surface area contributed by atoms with Gasteiger partial charge >= 0.3 is 0 Å². The van der Waals surface area contributed by atoms with Crippen LogP contribution in [-0.2, 0) is 0 Å². The van der Waals surface area contributed by atoms with Crippen LogP contribution < -0.4 is 4.90 Å². The van der Waals surface area contributed by atoms with Crippen molar-refractivity contribution in [2.75, 3.05) is 4.90 Å². The quantitative estimate of drug-likeness (QED) is 0.152. The van der Waals surface area contributed by atoms with Crippen molar-refractivity contribution in [1.29, 1.82) is 0 Å². The summed E-state index contributed by atoms with van der Waals surface area (Å²) in [6, 6.07) is 89.7. The zero-order chi connectivity index (χ0) is 42.4. The molecule has 2 nitrogen and oxygen atoms in total. The van der Waals surface area contributed by atoms with Crippen LogP contribution in [0.2, 0.25) is 0 Å². The number of hydrogen-bond acceptors (Lipinski definition) is 2. The second-order valence-corrected chi connectivity index (χ2v) is 16.5. The number of para-hydroxylation sites is 2. The zero-order valence-electron chi connectivity index (χ0n) is 35.0. The maximum atomic E-state index is 6.24. The Kier molecular flexibility index (Phi) is 9.20. The molecular weight excluding hydrogens is 775 g/mol. The summed E-state index contributed by atoms with van der Waals surface area (Å²) >= 11 is 0. The highest BCUT2D eigenvalue weighted by Gasteiger charge is 2.19. The summed E-state index contributed by atoms with van der Waals surface area (Å²) in [4.78, 5) is 2.39. The lowest BCUT2D eigenvalue weighted by molar-refractivity contribution is 0.669. The molecule has 12 rings (SSSR count). The molecule has 64 heavy (non-hydrogen) atoms. The van der Waals surface area contributed by atoms with E-state index in [2.05, 4.69) is 241 Å². The van der Waals surface area contributed by atoms with E-state index < -0.39 is 0 Å². The molecule has 0 aliphatic rings. The van der Waals surface area contributed by atoms with Crippen molar-refractivity contribution >= 4 is 60.5 Å². The molecule has 0 N–H and O–H groups in total. The maximum absolute atomic E-state index is 6.24. The molecule has 1 aromatic heterocycles. The van der Waals surface area contributed by atoms with Crippen LogP contribution in [0.5, 0.6) is 0 Å². The Bertz CT molecular complexity index is 3640. The standard InChI is InChI=1S/C62H41NO/c1-3-18-53-45(12-1)14-10-22-55(53)47-28-26-42(27-29-47)43-30-35-51(36-31-43)63(60-24-7-5-20-57(60)50-34-39-62-59(41-50)58-21-6-8-25-61(58)64-62)52-37-32-44(33-38-52)48-16-9-17-49(40-48)56-23-11-15-46-13-2-4-19-54(46)56/h1-41H. The molecule has 300 valence electrons. The Morgan fingerprint density at radius 2 is 0.688 bits per heavy atom. The summed E-state index contributed by atoms with van der Waals surface area (Å²) in [6.07, 6.45) is 0. The molecule has 2 heteroatoms. The number of fused-ring (bicyclic) bond motifs is 5. The van der Waals surface area contributed by atoms with Gasteiger partial charge in [-0.15, -0.1) is 0 Å². The first kappa shape index (κ1) is 37.3. The molecule has 0 bridgehead atoms. The fourth-order valence-corrected chi connectivity index (χ4v) is 9.50. The Morgan fingerprint density at radius 3 is 1.38 bits per heavy atom. The lowest BCUT2D eigenvalue weighted by Gasteiger charge is -2.28. The van der Waals surface area contributed by atoms with Gasteiger partial charge in [0.25, 0.3) is 0 Å². The van der Waals surface area contributed by atoms with Crippen LogP contribution in [0.3, 0.4) is 0 Å². The molecule has 0 aliphatic carbocycles. The van der Waals surface area contributed by atoms with E-state index in [0.29, 0.717) is 0 Å². The third-order valence-electron chi connectivity index (χ3n) is 12.7. The molecule has 11 aromatic carbocycles. The third-order valence-corrected chi connectivity index (χ3v) is 12.7. The van der Waals surface area contributed by atoms with E-state index in [0.717, 1.165) is 50.1 Å². The molecule has 0 amide bonds. The highest BCUT2D eigenvalue weighted by molar-refractivity contribution is 6.07. The Hall–Kier alpha value is -8.46. The fraction of sp³-hybridized carbons (Fsp3) is 0. The van der Waals surface area contributed by atoms with Gasteiger partial charge in [-0.3, -0.25) is 0 Å². The van der Waals surface area contributed by atoms with Gasteiger partial charge in [0, 0.05) is 27.7 Å². The second kappa shape index (κ2) is 15.8. The lowest BCUT2D eigenvalue weighted by atomic mass is 9.95. The van der Waals surface area contributed by atoms with Crippen molar-refractivity contribution in [2.45, 2.75) is 0 Å². The Morgan fingerprint density at radius 1 is 0.250 bits per heavy atom. The van der Waals surface area contributed by atoms with Crippen LogP contribution in [0.15, 0.2) is 253 Å². The monoisotopic (exact) mass is 815 g/mol. The van der Waals surface area contributed by atoms with Gasteiger partial charge in [-0.05, 0) is 126 Å². The van der Waals surface area contributed by atoms with Crippen molar-refractivity contribution in [1.82, 2.24) is 0 Å². The number of anilines is 3. The Balaban J connectivity index is 0.932. The summed E-state index contributed by atoms with van der Waals surface area (Å²) in [5, 5.41) is 7.26. The molecule has 0 saturated carbocycles. The van der Waals surface area contributed by atoms with E-state index in [1.165, 1.54) is 66.1 Å². The van der Waals surface area contributed by atoms with Gasteiger partial charge in [0.1, 0.15) is 11.2 Å². The number of nitrogens with zero attached hydrogens (tertiary/aromatic N) is 1. The lowest BCUT2D eigenvalue weighted by Crippen LogP contribution is -2.11. The molecule has 12 aromatic rings. The molecular formula is C62H41NO. The summed E-state index contributed by atoms with van der Waals surface area (Å²) in [5.74, 6) is 0. The van der Waals surface area contributed by atoms with Crippen molar-refractivity contribution in [3.8, 4) is 55.6 Å². The average molecular weight is 816 g/mol. The van der Waals surface area contributed by atoms with E-state index in [1.54, 1.807) is 0 Å². The number of benzene rings is 11. The highest BCUT2D eigenvalue weighted by Crippen LogP contribution is 2.44. The molecule has 0 radical (unpaired) electrons. The van der Waals surface area contributed by atoms with Gasteiger partial charge in [0.05, 0.1) is 5.69 Å². The first-order valence-corrected chi connectivity index (χ1v) is 21.9. The van der Waals surface area contributed by atoms with Gasteiger partial charge in [-0.25, -0.2) is 0 Å². The number of hydrogen-bond donors (Lipinski definition) is 0. The van der Waals surface area contributed by atoms with Crippen molar-refractivity contribution < 1.29 is 4.42 Å². The van der Waals surface area contributed by atoms with E-state index in [4.69, 9.17) is 4.42 Å². The largest absolute Gasteiger partial charge is 0.456 e. The predicted octanol–water partition coefficient (Wildman–Crippen LogP) is 17.7. The fourth-order valence-electron chi connectivity index (χ4n) is 9.50. The van der Waals surface area contributed by atoms with E-state index in [1.807, 2.05) is 12.1 Å². The van der Waals surface area contributed by atoms with Crippen LogP contribution in [-0.4, -0.2) is 0 Å². The molecule has 0 aliphatic heterocycles. The molecule has 0 atom stereocenters. The van der Waals surface area contributed by atoms with Crippen molar-refractivity contribution in [2.24, 2.45) is 0 Å². The molecule has 0 saturated heterocycles. The predicted molar refractivity (Wildman–Crippen MR) is 271 cm³/mol. The van der Waals surface area contributed by atoms with Gasteiger partial charge in [-0.1, -0.05) is 194 Å². The third kappa shape index (κ3) is 6.70. The summed E-state index contributed by atoms with van der Waals surface area (Å²) in [5.41, 5.74) is 16.9. The van der Waals surface area contributed by atoms with Crippen LogP contribution >= 0.6 is 0 Å². The summed E-state index contributed by atoms with van der Waals surface area (Å²) in [7, 11) is 0. The van der Waals surface area contributed by atoms with Gasteiger partial charge in [0.15, 0.2) is 0 Å². The van der Waals surface area contributed by atoms with Gasteiger partial charge < -0.3 is 9.32 Å². The summed E-state index contributed by atoms with van der Waals surface area (Å²) in [6.45, 7) is 0. The number of rotatable bonds is 8. The minimum absolute atomic E-state index is 0.889. The van der Waals surface area contributed by atoms with E-state index >= 15 is 0 Å². The molecule has 0 fully saturated rings. The Labute approximate surface area is 372 Å². The zero-order valence-corrected chi connectivity index (χ0v) is 35.0. The topological polar surface area (TPSA) is 16.4 Å². The first-order valence-electron chi connectivity index (χ1n) is 21.9. The molecule has 0 spiro atoms. The van der Waals surface area contributed by atoms with Crippen LogP contribution in [0, 0.1) is 0 Å². The average Bonchev–Trinajstić information content (AvgIpc) is 3.75. The van der Waals surface area contributed by atoms with E-state index in [9.17, 15) is 0 Å². The van der Waals surface area contributed by atoms with Gasteiger partial charge in [0.2, 0.25) is 0 Å². The second-order valence-electron chi connectivity index (χ2n) is 16.5. The maximum Gasteiger partial charge on any atom is 0.135 e. The SMILES string of the molecule is c1cc(-c2ccc(N(c3ccc(-c4ccc(-c5cccc6ccccc56)cc4)cc3)c3ccccc3-c3ccc4oc5ccccc5c4c3)cc2)cc(-c2cccc3ccccc23)c1. The molecule has 1 heterocycles.